The van der Waals surface area contributed by atoms with E-state index in [0.29, 0.717) is 4.82 Å². The Kier molecular flexibility index (Phi) is 2.05. The van der Waals surface area contributed by atoms with Crippen molar-refractivity contribution in [2.45, 2.75) is 4.82 Å². The molecule has 0 saturated carbocycles. The summed E-state index contributed by atoms with van der Waals surface area (Å²) in [6.45, 7) is 0. The normalized spacial score (nSPS) is 13.9. The van der Waals surface area contributed by atoms with Gasteiger partial charge >= 0.3 is 96.7 Å². The Morgan fingerprint density at radius 1 is 0.800 bits per heavy atom. The molecule has 0 saturated heterocycles. The SMILES string of the molecule is [SeH]C1c2ccccc2Oc2ccccc21. The number of benzene rings is 2. The first kappa shape index (κ1) is 9.02. The third-order valence-electron chi connectivity index (χ3n) is 2.65. The number of hydrogen-bond acceptors (Lipinski definition) is 1. The fraction of sp³-hybridized carbons (Fsp3) is 0.0769. The molecule has 15 heavy (non-hydrogen) atoms. The minimum absolute atomic E-state index is 0.360. The van der Waals surface area contributed by atoms with Crippen LogP contribution in [0.1, 0.15) is 15.9 Å². The van der Waals surface area contributed by atoms with Gasteiger partial charge in [-0.05, 0) is 0 Å². The molecule has 1 heterocycles. The summed E-state index contributed by atoms with van der Waals surface area (Å²) in [4.78, 5) is 0.360. The van der Waals surface area contributed by atoms with Crippen molar-refractivity contribution in [1.82, 2.24) is 0 Å². The summed E-state index contributed by atoms with van der Waals surface area (Å²) in [5, 5.41) is 0. The molecule has 0 N–H and O–H groups in total. The van der Waals surface area contributed by atoms with Crippen LogP contribution in [-0.4, -0.2) is 16.0 Å². The van der Waals surface area contributed by atoms with E-state index in [2.05, 4.69) is 40.3 Å². The third-order valence-corrected chi connectivity index (χ3v) is 3.81. The van der Waals surface area contributed by atoms with E-state index in [-0.39, 0.29) is 0 Å². The summed E-state index contributed by atoms with van der Waals surface area (Å²) in [5.41, 5.74) is 2.49. The van der Waals surface area contributed by atoms with Crippen molar-refractivity contribution in [3.05, 3.63) is 59.7 Å². The van der Waals surface area contributed by atoms with Crippen LogP contribution in [0.3, 0.4) is 0 Å². The van der Waals surface area contributed by atoms with Crippen LogP contribution in [0.25, 0.3) is 0 Å². The molecule has 1 nitrogen and oxygen atoms in total. The van der Waals surface area contributed by atoms with Gasteiger partial charge in [0.2, 0.25) is 0 Å². The average molecular weight is 261 g/mol. The van der Waals surface area contributed by atoms with Crippen LogP contribution < -0.4 is 4.74 Å². The summed E-state index contributed by atoms with van der Waals surface area (Å²) in [5.74, 6) is 1.95. The second kappa shape index (κ2) is 3.41. The van der Waals surface area contributed by atoms with Crippen molar-refractivity contribution in [3.8, 4) is 11.5 Å². The standard InChI is InChI=1S/C13H10OSe/c15-13-9-5-1-3-7-11(9)14-12-8-4-2-6-10(12)13/h1-8,13,15H. The maximum atomic E-state index is 5.84. The van der Waals surface area contributed by atoms with Crippen molar-refractivity contribution in [2.24, 2.45) is 0 Å². The Labute approximate surface area is 96.9 Å². The molecule has 1 aliphatic heterocycles. The second-order valence-electron chi connectivity index (χ2n) is 3.58. The molecule has 0 atom stereocenters. The summed E-state index contributed by atoms with van der Waals surface area (Å²) < 4.78 is 5.84. The van der Waals surface area contributed by atoms with Crippen LogP contribution >= 0.6 is 0 Å². The van der Waals surface area contributed by atoms with Gasteiger partial charge in [0, 0.05) is 0 Å². The van der Waals surface area contributed by atoms with Crippen LogP contribution in [0.5, 0.6) is 11.5 Å². The van der Waals surface area contributed by atoms with Gasteiger partial charge in [-0.2, -0.15) is 0 Å². The fourth-order valence-corrected chi connectivity index (χ4v) is 2.78. The molecule has 0 spiro atoms. The summed E-state index contributed by atoms with van der Waals surface area (Å²) >= 11 is 2.72. The first-order chi connectivity index (χ1) is 7.36. The van der Waals surface area contributed by atoms with Crippen LogP contribution in [0.2, 0.25) is 0 Å². The van der Waals surface area contributed by atoms with Crippen LogP contribution in [0.4, 0.5) is 0 Å². The van der Waals surface area contributed by atoms with Gasteiger partial charge in [-0.15, -0.1) is 0 Å². The molecule has 3 rings (SSSR count). The van der Waals surface area contributed by atoms with Crippen molar-refractivity contribution < 1.29 is 4.74 Å². The molecule has 74 valence electrons. The number of rotatable bonds is 0. The van der Waals surface area contributed by atoms with Gasteiger partial charge in [0.15, 0.2) is 0 Å². The van der Waals surface area contributed by atoms with Gasteiger partial charge in [-0.1, -0.05) is 0 Å². The van der Waals surface area contributed by atoms with E-state index in [1.54, 1.807) is 0 Å². The van der Waals surface area contributed by atoms with E-state index >= 15 is 0 Å². The number of ether oxygens (including phenoxy) is 1. The van der Waals surface area contributed by atoms with Crippen molar-refractivity contribution in [3.63, 3.8) is 0 Å². The summed E-state index contributed by atoms with van der Waals surface area (Å²) in [6.07, 6.45) is 0. The Morgan fingerprint density at radius 3 is 1.80 bits per heavy atom. The average Bonchev–Trinajstić information content (AvgIpc) is 2.30. The van der Waals surface area contributed by atoms with E-state index < -0.39 is 0 Å². The first-order valence-corrected chi connectivity index (χ1v) is 5.98. The number of para-hydroxylation sites is 2. The predicted molar refractivity (Wildman–Crippen MR) is 62.0 cm³/mol. The zero-order valence-electron chi connectivity index (χ0n) is 8.05. The summed E-state index contributed by atoms with van der Waals surface area (Å²) in [6, 6.07) is 16.4. The fourth-order valence-electron chi connectivity index (χ4n) is 1.88. The van der Waals surface area contributed by atoms with Gasteiger partial charge in [0.05, 0.1) is 0 Å². The van der Waals surface area contributed by atoms with E-state index in [9.17, 15) is 0 Å². The van der Waals surface area contributed by atoms with Crippen molar-refractivity contribution in [1.29, 1.82) is 0 Å². The molecular formula is C13H10OSe. The Bertz CT molecular complexity index is 462. The molecule has 2 aromatic carbocycles. The predicted octanol–water partition coefficient (Wildman–Crippen LogP) is 2.78. The molecule has 0 bridgehead atoms. The molecule has 2 heteroatoms. The molecule has 2 aromatic rings. The second-order valence-corrected chi connectivity index (χ2v) is 4.66. The molecule has 0 aliphatic carbocycles. The zero-order valence-corrected chi connectivity index (χ0v) is 9.93. The molecule has 0 radical (unpaired) electrons. The maximum absolute atomic E-state index is 5.84. The van der Waals surface area contributed by atoms with Gasteiger partial charge in [0.25, 0.3) is 0 Å². The molecular weight excluding hydrogens is 251 g/mol. The molecule has 1 aliphatic rings. The molecule has 0 amide bonds. The summed E-state index contributed by atoms with van der Waals surface area (Å²) in [7, 11) is 0. The Morgan fingerprint density at radius 2 is 1.27 bits per heavy atom. The van der Waals surface area contributed by atoms with E-state index in [4.69, 9.17) is 4.74 Å². The monoisotopic (exact) mass is 262 g/mol. The number of hydrogen-bond donors (Lipinski definition) is 0. The van der Waals surface area contributed by atoms with Crippen LogP contribution in [0.15, 0.2) is 48.5 Å². The quantitative estimate of drug-likeness (QED) is 0.663. The van der Waals surface area contributed by atoms with Crippen LogP contribution in [-0.2, 0) is 0 Å². The Balaban J connectivity index is 2.20. The van der Waals surface area contributed by atoms with Gasteiger partial charge in [-0.3, -0.25) is 0 Å². The first-order valence-electron chi connectivity index (χ1n) is 4.90. The zero-order chi connectivity index (χ0) is 10.3. The van der Waals surface area contributed by atoms with E-state index in [1.165, 1.54) is 11.1 Å². The molecule has 0 unspecified atom stereocenters. The molecule has 0 fully saturated rings. The van der Waals surface area contributed by atoms with Gasteiger partial charge in [-0.25, -0.2) is 0 Å². The van der Waals surface area contributed by atoms with Crippen LogP contribution in [0, 0.1) is 0 Å². The number of fused-ring (bicyclic) bond motifs is 2. The Hall–Kier alpha value is -1.24. The molecule has 0 aromatic heterocycles. The van der Waals surface area contributed by atoms with E-state index in [0.717, 1.165) is 11.5 Å². The van der Waals surface area contributed by atoms with Gasteiger partial charge < -0.3 is 0 Å². The van der Waals surface area contributed by atoms with Gasteiger partial charge in [0.1, 0.15) is 0 Å². The van der Waals surface area contributed by atoms with E-state index in [1.807, 2.05) is 24.3 Å². The minimum atomic E-state index is 0.360. The van der Waals surface area contributed by atoms with Crippen molar-refractivity contribution in [2.75, 3.05) is 0 Å². The third kappa shape index (κ3) is 1.38. The van der Waals surface area contributed by atoms with Crippen molar-refractivity contribution >= 4 is 16.0 Å². The topological polar surface area (TPSA) is 9.23 Å².